The van der Waals surface area contributed by atoms with Crippen LogP contribution >= 0.6 is 0 Å². The molecule has 1 saturated heterocycles. The van der Waals surface area contributed by atoms with Gasteiger partial charge in [-0.25, -0.2) is 0 Å². The number of carbonyl (C=O) groups excluding carboxylic acids is 1. The van der Waals surface area contributed by atoms with Crippen molar-refractivity contribution in [1.82, 2.24) is 14.7 Å². The summed E-state index contributed by atoms with van der Waals surface area (Å²) in [4.78, 5) is 13.8. The highest BCUT2D eigenvalue weighted by Gasteiger charge is 2.36. The first kappa shape index (κ1) is 13.9. The maximum absolute atomic E-state index is 12.7. The highest BCUT2D eigenvalue weighted by Crippen LogP contribution is 2.30. The predicted molar refractivity (Wildman–Crippen MR) is 62.6 cm³/mol. The Kier molecular flexibility index (Phi) is 3.56. The second kappa shape index (κ2) is 4.86. The molecule has 1 amide bonds. The molecule has 0 N–H and O–H groups in total. The fourth-order valence-corrected chi connectivity index (χ4v) is 2.38. The number of nitrogens with zero attached hydrogens (tertiary/aromatic N) is 3. The van der Waals surface area contributed by atoms with E-state index in [2.05, 4.69) is 5.10 Å². The van der Waals surface area contributed by atoms with E-state index in [4.69, 9.17) is 0 Å². The van der Waals surface area contributed by atoms with E-state index < -0.39 is 17.8 Å². The normalized spacial score (nSPS) is 20.7. The minimum atomic E-state index is -4.49. The van der Waals surface area contributed by atoms with Gasteiger partial charge in [-0.15, -0.1) is 0 Å². The zero-order chi connectivity index (χ0) is 14.2. The number of piperidine rings is 1. The number of hydrogen-bond donors (Lipinski definition) is 0. The number of hydrogen-bond acceptors (Lipinski definition) is 2. The molecule has 0 aliphatic carbocycles. The van der Waals surface area contributed by atoms with Crippen LogP contribution in [0.25, 0.3) is 0 Å². The Morgan fingerprint density at radius 3 is 2.63 bits per heavy atom. The quantitative estimate of drug-likeness (QED) is 0.789. The Hall–Kier alpha value is -1.53. The number of halogens is 3. The maximum atomic E-state index is 12.7. The number of alkyl halides is 3. The third-order valence-electron chi connectivity index (χ3n) is 3.45. The third-order valence-corrected chi connectivity index (χ3v) is 3.45. The van der Waals surface area contributed by atoms with Crippen molar-refractivity contribution in [3.63, 3.8) is 0 Å². The van der Waals surface area contributed by atoms with Crippen molar-refractivity contribution in [2.24, 2.45) is 7.05 Å². The predicted octanol–water partition coefficient (Wildman–Crippen LogP) is 2.45. The molecule has 1 aromatic rings. The average Bonchev–Trinajstić information content (AvgIpc) is 2.71. The van der Waals surface area contributed by atoms with Crippen LogP contribution in [-0.4, -0.2) is 33.2 Å². The number of aryl methyl sites for hydroxylation is 1. The number of likely N-dealkylation sites (tertiary alicyclic amines) is 1. The van der Waals surface area contributed by atoms with E-state index in [9.17, 15) is 18.0 Å². The summed E-state index contributed by atoms with van der Waals surface area (Å²) in [5.41, 5.74) is -1.04. The maximum Gasteiger partial charge on any atom is 0.433 e. The zero-order valence-electron chi connectivity index (χ0n) is 10.9. The number of rotatable bonds is 1. The van der Waals surface area contributed by atoms with Crippen LogP contribution in [0.1, 0.15) is 42.4 Å². The van der Waals surface area contributed by atoms with Crippen molar-refractivity contribution in [2.75, 3.05) is 6.54 Å². The number of carbonyl (C=O) groups is 1. The summed E-state index contributed by atoms with van der Waals surface area (Å²) in [6, 6.07) is 0.876. The van der Waals surface area contributed by atoms with Gasteiger partial charge in [-0.2, -0.15) is 18.3 Å². The lowest BCUT2D eigenvalue weighted by molar-refractivity contribution is -0.143. The van der Waals surface area contributed by atoms with Crippen LogP contribution in [0.3, 0.4) is 0 Å². The molecule has 0 bridgehead atoms. The summed E-state index contributed by atoms with van der Waals surface area (Å²) in [5.74, 6) is -0.418. The van der Waals surface area contributed by atoms with Gasteiger partial charge in [0.25, 0.3) is 5.91 Å². The van der Waals surface area contributed by atoms with E-state index in [-0.39, 0.29) is 11.7 Å². The number of aromatic nitrogens is 2. The van der Waals surface area contributed by atoms with E-state index in [1.54, 1.807) is 4.90 Å². The van der Waals surface area contributed by atoms with Gasteiger partial charge in [-0.3, -0.25) is 9.48 Å². The zero-order valence-corrected chi connectivity index (χ0v) is 10.9. The molecule has 1 fully saturated rings. The van der Waals surface area contributed by atoms with Gasteiger partial charge < -0.3 is 4.90 Å². The van der Waals surface area contributed by atoms with Gasteiger partial charge >= 0.3 is 6.18 Å². The molecule has 0 unspecified atom stereocenters. The molecule has 1 atom stereocenters. The number of amides is 1. The van der Waals surface area contributed by atoms with E-state index in [0.29, 0.717) is 11.2 Å². The molecule has 1 aliphatic heterocycles. The molecule has 1 aromatic heterocycles. The summed E-state index contributed by atoms with van der Waals surface area (Å²) in [6.45, 7) is 2.49. The van der Waals surface area contributed by atoms with E-state index in [0.717, 1.165) is 25.3 Å². The van der Waals surface area contributed by atoms with Gasteiger partial charge in [0.2, 0.25) is 0 Å². The van der Waals surface area contributed by atoms with E-state index >= 15 is 0 Å². The fraction of sp³-hybridized carbons (Fsp3) is 0.667. The molecule has 0 radical (unpaired) electrons. The van der Waals surface area contributed by atoms with E-state index in [1.165, 1.54) is 7.05 Å². The monoisotopic (exact) mass is 275 g/mol. The van der Waals surface area contributed by atoms with Crippen molar-refractivity contribution in [3.05, 3.63) is 17.5 Å². The van der Waals surface area contributed by atoms with Gasteiger partial charge in [0.05, 0.1) is 0 Å². The Labute approximate surface area is 109 Å². The third kappa shape index (κ3) is 2.74. The molecule has 0 saturated carbocycles. The Morgan fingerprint density at radius 2 is 2.11 bits per heavy atom. The van der Waals surface area contributed by atoms with Crippen molar-refractivity contribution >= 4 is 5.91 Å². The highest BCUT2D eigenvalue weighted by atomic mass is 19.4. The van der Waals surface area contributed by atoms with Crippen molar-refractivity contribution < 1.29 is 18.0 Å². The lowest BCUT2D eigenvalue weighted by atomic mass is 10.0. The van der Waals surface area contributed by atoms with Crippen LogP contribution in [0.5, 0.6) is 0 Å². The summed E-state index contributed by atoms with van der Waals surface area (Å²) in [7, 11) is 1.19. The largest absolute Gasteiger partial charge is 0.433 e. The Balaban J connectivity index is 2.25. The first-order valence-electron chi connectivity index (χ1n) is 6.23. The molecule has 106 valence electrons. The molecular formula is C12H16F3N3O. The first-order valence-corrected chi connectivity index (χ1v) is 6.23. The van der Waals surface area contributed by atoms with Crippen LogP contribution in [0.2, 0.25) is 0 Å². The van der Waals surface area contributed by atoms with Gasteiger partial charge in [0.15, 0.2) is 5.69 Å². The van der Waals surface area contributed by atoms with Crippen LogP contribution in [0.15, 0.2) is 6.07 Å². The summed E-state index contributed by atoms with van der Waals surface area (Å²) in [5, 5.41) is 3.69. The summed E-state index contributed by atoms with van der Waals surface area (Å²) >= 11 is 0. The van der Waals surface area contributed by atoms with Gasteiger partial charge in [0, 0.05) is 25.7 Å². The van der Waals surface area contributed by atoms with E-state index in [1.807, 2.05) is 6.92 Å². The summed E-state index contributed by atoms with van der Waals surface area (Å²) in [6.07, 6.45) is -1.69. The van der Waals surface area contributed by atoms with Crippen LogP contribution in [0, 0.1) is 0 Å². The molecule has 1 aliphatic rings. The molecular weight excluding hydrogens is 259 g/mol. The molecule has 4 nitrogen and oxygen atoms in total. The van der Waals surface area contributed by atoms with Crippen LogP contribution < -0.4 is 0 Å². The van der Waals surface area contributed by atoms with Crippen molar-refractivity contribution in [3.8, 4) is 0 Å². The van der Waals surface area contributed by atoms with Crippen molar-refractivity contribution in [2.45, 2.75) is 38.4 Å². The smallest absolute Gasteiger partial charge is 0.335 e. The van der Waals surface area contributed by atoms with Gasteiger partial charge in [-0.1, -0.05) is 0 Å². The fourth-order valence-electron chi connectivity index (χ4n) is 2.38. The minimum absolute atomic E-state index is 0.0533. The Bertz CT molecular complexity index is 481. The molecule has 2 heterocycles. The van der Waals surface area contributed by atoms with Gasteiger partial charge in [-0.05, 0) is 26.2 Å². The van der Waals surface area contributed by atoms with Crippen LogP contribution in [0.4, 0.5) is 13.2 Å². The highest BCUT2D eigenvalue weighted by molar-refractivity contribution is 5.92. The SMILES string of the molecule is C[C@@H]1CCCCN1C(=O)c1cc(C(F)(F)F)n(C)n1. The second-order valence-corrected chi connectivity index (χ2v) is 4.88. The second-order valence-electron chi connectivity index (χ2n) is 4.88. The standard InChI is InChI=1S/C12H16F3N3O/c1-8-5-3-4-6-18(8)11(19)9-7-10(12(13,14)15)17(2)16-9/h7-8H,3-6H2,1-2H3/t8-/m1/s1. The molecule has 0 spiro atoms. The van der Waals surface area contributed by atoms with Gasteiger partial charge in [0.1, 0.15) is 5.69 Å². The lowest BCUT2D eigenvalue weighted by Crippen LogP contribution is -2.42. The van der Waals surface area contributed by atoms with Crippen LogP contribution in [-0.2, 0) is 13.2 Å². The first-order chi connectivity index (χ1) is 8.80. The molecule has 7 heteroatoms. The Morgan fingerprint density at radius 1 is 1.42 bits per heavy atom. The van der Waals surface area contributed by atoms with Crippen molar-refractivity contribution in [1.29, 1.82) is 0 Å². The lowest BCUT2D eigenvalue weighted by Gasteiger charge is -2.32. The molecule has 2 rings (SSSR count). The average molecular weight is 275 g/mol. The summed E-state index contributed by atoms with van der Waals surface area (Å²) < 4.78 is 38.7. The molecule has 19 heavy (non-hydrogen) atoms. The topological polar surface area (TPSA) is 38.1 Å². The minimum Gasteiger partial charge on any atom is -0.335 e. The molecule has 0 aromatic carbocycles.